The minimum absolute atomic E-state index is 0.0702. The van der Waals surface area contributed by atoms with Gasteiger partial charge in [0.1, 0.15) is 18.7 Å². The third kappa shape index (κ3) is 5.01. The van der Waals surface area contributed by atoms with Crippen LogP contribution in [-0.2, 0) is 17.9 Å². The minimum Gasteiger partial charge on any atom is -0.478 e. The minimum atomic E-state index is -2.89. The van der Waals surface area contributed by atoms with Crippen LogP contribution in [0.5, 0.6) is 11.6 Å². The molecule has 0 amide bonds. The molecule has 3 rings (SSSR count). The molecule has 0 spiro atoms. The molecule has 7 nitrogen and oxygen atoms in total. The molecule has 0 saturated heterocycles. The van der Waals surface area contributed by atoms with Crippen molar-refractivity contribution in [1.29, 1.82) is 0 Å². The Bertz CT molecular complexity index is 918. The normalized spacial score (nSPS) is 11.0. The second-order valence-electron chi connectivity index (χ2n) is 5.83. The second kappa shape index (κ2) is 9.23. The Morgan fingerprint density at radius 3 is 2.79 bits per heavy atom. The number of rotatable bonds is 9. The Kier molecular flexibility index (Phi) is 6.49. The van der Waals surface area contributed by atoms with Crippen molar-refractivity contribution in [1.82, 2.24) is 19.7 Å². The van der Waals surface area contributed by atoms with E-state index in [2.05, 4.69) is 19.8 Å². The summed E-state index contributed by atoms with van der Waals surface area (Å²) in [6.45, 7) is 0.158. The predicted molar refractivity (Wildman–Crippen MR) is 97.3 cm³/mol. The maximum atomic E-state index is 12.5. The highest BCUT2D eigenvalue weighted by atomic mass is 19.3. The van der Waals surface area contributed by atoms with Crippen molar-refractivity contribution in [2.75, 3.05) is 13.7 Å². The van der Waals surface area contributed by atoms with Crippen LogP contribution in [0.15, 0.2) is 42.9 Å². The number of hydrogen-bond donors (Lipinski definition) is 0. The summed E-state index contributed by atoms with van der Waals surface area (Å²) in [5.74, 6) is 1.07. The van der Waals surface area contributed by atoms with Crippen molar-refractivity contribution in [3.05, 3.63) is 54.2 Å². The van der Waals surface area contributed by atoms with E-state index in [9.17, 15) is 8.78 Å². The number of hydrogen-bond acceptors (Lipinski definition) is 6. The Hall–Kier alpha value is -3.07. The summed E-state index contributed by atoms with van der Waals surface area (Å²) in [6, 6.07) is 8.32. The van der Waals surface area contributed by atoms with E-state index in [-0.39, 0.29) is 5.75 Å². The molecule has 0 radical (unpaired) electrons. The van der Waals surface area contributed by atoms with Crippen LogP contribution in [0.25, 0.3) is 11.1 Å². The van der Waals surface area contributed by atoms with Gasteiger partial charge in [-0.05, 0) is 36.2 Å². The molecule has 28 heavy (non-hydrogen) atoms. The molecular weight excluding hydrogens is 370 g/mol. The van der Waals surface area contributed by atoms with Gasteiger partial charge in [0.25, 0.3) is 0 Å². The first-order chi connectivity index (χ1) is 13.6. The molecule has 0 N–H and O–H groups in total. The molecule has 0 aliphatic rings. The molecule has 0 bridgehead atoms. The zero-order valence-electron chi connectivity index (χ0n) is 15.5. The highest BCUT2D eigenvalue weighted by Gasteiger charge is 2.13. The Morgan fingerprint density at radius 2 is 2.04 bits per heavy atom. The Morgan fingerprint density at radius 1 is 1.18 bits per heavy atom. The fraction of sp³-hybridized carbons (Fsp3) is 0.316. The van der Waals surface area contributed by atoms with Gasteiger partial charge in [0, 0.05) is 18.9 Å². The van der Waals surface area contributed by atoms with Crippen molar-refractivity contribution in [3.63, 3.8) is 0 Å². The molecule has 0 saturated carbocycles. The van der Waals surface area contributed by atoms with Crippen molar-refractivity contribution >= 4 is 0 Å². The van der Waals surface area contributed by atoms with Crippen LogP contribution in [-0.4, -0.2) is 40.1 Å². The average molecular weight is 390 g/mol. The standard InChI is InChI=1S/C19H20F2N4O3/c1-3-27-18-16(14-5-4-6-15(8-14)28-19(20)21)7-13(9-22-18)10-25-12-23-17(24-25)11-26-2/h4-9,12,19H,3,10-11H2,1-2H3. The number of halogens is 2. The highest BCUT2D eigenvalue weighted by molar-refractivity contribution is 5.70. The highest BCUT2D eigenvalue weighted by Crippen LogP contribution is 2.32. The largest absolute Gasteiger partial charge is 0.478 e. The monoisotopic (exact) mass is 390 g/mol. The van der Waals surface area contributed by atoms with Gasteiger partial charge >= 0.3 is 6.61 Å². The molecule has 1 aromatic carbocycles. The fourth-order valence-corrected chi connectivity index (χ4v) is 2.67. The smallest absolute Gasteiger partial charge is 0.387 e. The van der Waals surface area contributed by atoms with Gasteiger partial charge in [-0.1, -0.05) is 12.1 Å². The number of pyridine rings is 1. The summed E-state index contributed by atoms with van der Waals surface area (Å²) >= 11 is 0. The lowest BCUT2D eigenvalue weighted by Gasteiger charge is -2.12. The number of alkyl halides is 2. The van der Waals surface area contributed by atoms with E-state index in [4.69, 9.17) is 9.47 Å². The van der Waals surface area contributed by atoms with Crippen LogP contribution in [0, 0.1) is 0 Å². The summed E-state index contributed by atoms with van der Waals surface area (Å²) < 4.78 is 41.9. The molecule has 0 fully saturated rings. The lowest BCUT2D eigenvalue weighted by Crippen LogP contribution is -2.04. The zero-order chi connectivity index (χ0) is 19.9. The summed E-state index contributed by atoms with van der Waals surface area (Å²) in [5, 5.41) is 4.32. The fourth-order valence-electron chi connectivity index (χ4n) is 2.67. The van der Waals surface area contributed by atoms with Crippen molar-refractivity contribution in [2.24, 2.45) is 0 Å². The molecule has 0 aliphatic carbocycles. The lowest BCUT2D eigenvalue weighted by atomic mass is 10.0. The summed E-state index contributed by atoms with van der Waals surface area (Å²) in [7, 11) is 1.58. The van der Waals surface area contributed by atoms with Gasteiger partial charge in [0.15, 0.2) is 5.82 Å². The molecule has 148 valence electrons. The number of methoxy groups -OCH3 is 1. The topological polar surface area (TPSA) is 71.3 Å². The lowest BCUT2D eigenvalue weighted by molar-refractivity contribution is -0.0498. The molecular formula is C19H20F2N4O3. The molecule has 9 heteroatoms. The Balaban J connectivity index is 1.91. The van der Waals surface area contributed by atoms with E-state index in [0.717, 1.165) is 5.56 Å². The van der Waals surface area contributed by atoms with Crippen molar-refractivity contribution in [3.8, 4) is 22.8 Å². The molecule has 0 atom stereocenters. The third-order valence-electron chi connectivity index (χ3n) is 3.76. The third-order valence-corrected chi connectivity index (χ3v) is 3.76. The molecule has 2 heterocycles. The first-order valence-electron chi connectivity index (χ1n) is 8.63. The maximum Gasteiger partial charge on any atom is 0.387 e. The second-order valence-corrected chi connectivity index (χ2v) is 5.83. The van der Waals surface area contributed by atoms with Crippen molar-refractivity contribution < 1.29 is 23.0 Å². The number of benzene rings is 1. The van der Waals surface area contributed by atoms with E-state index in [0.29, 0.717) is 42.6 Å². The molecule has 0 aliphatic heterocycles. The van der Waals surface area contributed by atoms with E-state index in [1.165, 1.54) is 12.1 Å². The average Bonchev–Trinajstić information content (AvgIpc) is 3.10. The van der Waals surface area contributed by atoms with E-state index in [1.807, 2.05) is 13.0 Å². The summed E-state index contributed by atoms with van der Waals surface area (Å²) in [5.41, 5.74) is 2.19. The van der Waals surface area contributed by atoms with Crippen LogP contribution in [0.1, 0.15) is 18.3 Å². The summed E-state index contributed by atoms with van der Waals surface area (Å²) in [6.07, 6.45) is 3.30. The van der Waals surface area contributed by atoms with Gasteiger partial charge in [-0.2, -0.15) is 13.9 Å². The van der Waals surface area contributed by atoms with E-state index in [1.54, 1.807) is 36.4 Å². The van der Waals surface area contributed by atoms with Gasteiger partial charge in [0.2, 0.25) is 5.88 Å². The number of nitrogens with zero attached hydrogens (tertiary/aromatic N) is 4. The van der Waals surface area contributed by atoms with Gasteiger partial charge in [-0.25, -0.2) is 14.6 Å². The number of ether oxygens (including phenoxy) is 3. The SMILES string of the molecule is CCOc1ncc(Cn2cnc(COC)n2)cc1-c1cccc(OC(F)F)c1. The number of aromatic nitrogens is 4. The van der Waals surface area contributed by atoms with Crippen LogP contribution in [0.3, 0.4) is 0 Å². The molecule has 0 unspecified atom stereocenters. The zero-order valence-corrected chi connectivity index (χ0v) is 15.5. The van der Waals surface area contributed by atoms with Gasteiger partial charge in [-0.3, -0.25) is 0 Å². The Labute approximate surface area is 160 Å². The van der Waals surface area contributed by atoms with Gasteiger partial charge in [-0.15, -0.1) is 0 Å². The van der Waals surface area contributed by atoms with Crippen LogP contribution >= 0.6 is 0 Å². The predicted octanol–water partition coefficient (Wildman–Crippen LogP) is 3.53. The molecule has 3 aromatic rings. The van der Waals surface area contributed by atoms with Gasteiger partial charge in [0.05, 0.1) is 13.2 Å². The van der Waals surface area contributed by atoms with Crippen LogP contribution < -0.4 is 9.47 Å². The maximum absolute atomic E-state index is 12.5. The van der Waals surface area contributed by atoms with Crippen LogP contribution in [0.4, 0.5) is 8.78 Å². The molecule has 2 aromatic heterocycles. The summed E-state index contributed by atoms with van der Waals surface area (Å²) in [4.78, 5) is 8.54. The van der Waals surface area contributed by atoms with Crippen molar-refractivity contribution in [2.45, 2.75) is 26.7 Å². The van der Waals surface area contributed by atoms with E-state index < -0.39 is 6.61 Å². The van der Waals surface area contributed by atoms with E-state index >= 15 is 0 Å². The van der Waals surface area contributed by atoms with Crippen LogP contribution in [0.2, 0.25) is 0 Å². The van der Waals surface area contributed by atoms with Gasteiger partial charge < -0.3 is 14.2 Å². The first-order valence-corrected chi connectivity index (χ1v) is 8.63. The quantitative estimate of drug-likeness (QED) is 0.557. The first kappa shape index (κ1) is 19.7.